The molecule has 23 heavy (non-hydrogen) atoms. The fourth-order valence-electron chi connectivity index (χ4n) is 2.06. The maximum Gasteiger partial charge on any atom is 1.00 e. The predicted octanol–water partition coefficient (Wildman–Crippen LogP) is 0.321. The topological polar surface area (TPSA) is 92.7 Å². The average molecular weight is 360 g/mol. The van der Waals surface area contributed by atoms with Crippen molar-refractivity contribution in [1.29, 1.82) is 0 Å². The van der Waals surface area contributed by atoms with Crippen molar-refractivity contribution >= 4 is 16.4 Å². The zero-order chi connectivity index (χ0) is 16.7. The molecule has 0 fully saturated rings. The number of hydrogen-bond donors (Lipinski definition) is 0. The van der Waals surface area contributed by atoms with Crippen molar-refractivity contribution in [3.8, 4) is 0 Å². The van der Waals surface area contributed by atoms with E-state index in [1.807, 2.05) is 0 Å². The summed E-state index contributed by atoms with van der Waals surface area (Å²) in [6.07, 6.45) is 11.3. The van der Waals surface area contributed by atoms with Gasteiger partial charge in [0.1, 0.15) is 0 Å². The monoisotopic (exact) mass is 360 g/mol. The molecule has 0 N–H and O–H groups in total. The molecule has 0 aromatic heterocycles. The van der Waals surface area contributed by atoms with Gasteiger partial charge in [-0.2, -0.15) is 0 Å². The van der Waals surface area contributed by atoms with Crippen LogP contribution in [0.3, 0.4) is 0 Å². The van der Waals surface area contributed by atoms with E-state index in [0.717, 1.165) is 19.3 Å². The van der Waals surface area contributed by atoms with Crippen LogP contribution >= 0.6 is 0 Å². The number of esters is 1. The summed E-state index contributed by atoms with van der Waals surface area (Å²) >= 11 is 0. The molecule has 0 atom stereocenters. The fraction of sp³-hybridized carbons (Fsp3) is 0.933. The molecule has 0 saturated heterocycles. The quantitative estimate of drug-likeness (QED) is 0.137. The summed E-state index contributed by atoms with van der Waals surface area (Å²) in [6, 6.07) is 0. The minimum absolute atomic E-state index is 0. The maximum atomic E-state index is 11.4. The molecule has 6 nitrogen and oxygen atoms in total. The van der Waals surface area contributed by atoms with Gasteiger partial charge in [0, 0.05) is 12.8 Å². The Balaban J connectivity index is 0. The Bertz CT molecular complexity index is 372. The summed E-state index contributed by atoms with van der Waals surface area (Å²) < 4.78 is 39.3. The third kappa shape index (κ3) is 22.3. The minimum Gasteiger partial charge on any atom is -0.726 e. The van der Waals surface area contributed by atoms with Crippen LogP contribution in [0.1, 0.15) is 77.6 Å². The van der Waals surface area contributed by atoms with Crippen molar-refractivity contribution < 1.29 is 56.2 Å². The number of hydrogen-bond acceptors (Lipinski definition) is 6. The van der Waals surface area contributed by atoms with Gasteiger partial charge in [0.15, 0.2) is 0 Å². The molecular formula is C15H29NaO6S. The Labute approximate surface area is 162 Å². The zero-order valence-electron chi connectivity index (χ0n) is 14.6. The van der Waals surface area contributed by atoms with Gasteiger partial charge in [-0.15, -0.1) is 0 Å². The van der Waals surface area contributed by atoms with Crippen molar-refractivity contribution in [2.75, 3.05) is 13.2 Å². The second kappa shape index (κ2) is 17.2. The van der Waals surface area contributed by atoms with Crippen LogP contribution in [-0.2, 0) is 24.1 Å². The van der Waals surface area contributed by atoms with E-state index in [0.29, 0.717) is 6.42 Å². The molecule has 0 amide bonds. The van der Waals surface area contributed by atoms with E-state index in [1.165, 1.54) is 38.5 Å². The second-order valence-corrected chi connectivity index (χ2v) is 6.43. The molecule has 0 saturated carbocycles. The Morgan fingerprint density at radius 1 is 0.870 bits per heavy atom. The van der Waals surface area contributed by atoms with Crippen LogP contribution in [0.5, 0.6) is 0 Å². The third-order valence-corrected chi connectivity index (χ3v) is 3.72. The van der Waals surface area contributed by atoms with Gasteiger partial charge in [-0.1, -0.05) is 58.3 Å². The number of carbonyl (C=O) groups is 1. The summed E-state index contributed by atoms with van der Waals surface area (Å²) in [5.41, 5.74) is 0. The van der Waals surface area contributed by atoms with Crippen LogP contribution in [0.15, 0.2) is 0 Å². The van der Waals surface area contributed by atoms with Gasteiger partial charge in [0.25, 0.3) is 0 Å². The second-order valence-electron chi connectivity index (χ2n) is 5.38. The van der Waals surface area contributed by atoms with Gasteiger partial charge in [0.05, 0.1) is 13.2 Å². The van der Waals surface area contributed by atoms with Crippen LogP contribution in [0.4, 0.5) is 0 Å². The van der Waals surface area contributed by atoms with Crippen molar-refractivity contribution in [2.45, 2.75) is 77.6 Å². The van der Waals surface area contributed by atoms with Crippen LogP contribution in [0, 0.1) is 0 Å². The van der Waals surface area contributed by atoms with Gasteiger partial charge >= 0.3 is 35.5 Å². The molecule has 0 aliphatic carbocycles. The van der Waals surface area contributed by atoms with E-state index < -0.39 is 10.4 Å². The van der Waals surface area contributed by atoms with Gasteiger partial charge in [-0.3, -0.25) is 8.98 Å². The molecule has 0 unspecified atom stereocenters. The fourth-order valence-corrected chi connectivity index (χ4v) is 2.38. The van der Waals surface area contributed by atoms with Crippen LogP contribution < -0.4 is 29.6 Å². The number of carbonyl (C=O) groups excluding carboxylic acids is 1. The van der Waals surface area contributed by atoms with Crippen molar-refractivity contribution in [3.05, 3.63) is 0 Å². The Hall–Kier alpha value is 0.340. The molecule has 0 aromatic rings. The van der Waals surface area contributed by atoms with Crippen molar-refractivity contribution in [2.24, 2.45) is 0 Å². The summed E-state index contributed by atoms with van der Waals surface area (Å²) in [5, 5.41) is 0. The average Bonchev–Trinajstić information content (AvgIpc) is 2.44. The maximum absolute atomic E-state index is 11.4. The predicted molar refractivity (Wildman–Crippen MR) is 83.1 cm³/mol. The SMILES string of the molecule is CCCCCCCCCCCC(=O)OCCCOS(=O)(=O)[O-].[Na+]. The van der Waals surface area contributed by atoms with Gasteiger partial charge in [0.2, 0.25) is 10.4 Å². The first-order valence-corrected chi connectivity index (χ1v) is 9.55. The largest absolute Gasteiger partial charge is 1.00 e. The van der Waals surface area contributed by atoms with E-state index in [1.54, 1.807) is 0 Å². The Morgan fingerprint density at radius 2 is 1.39 bits per heavy atom. The molecule has 0 spiro atoms. The van der Waals surface area contributed by atoms with Crippen molar-refractivity contribution in [1.82, 2.24) is 0 Å². The van der Waals surface area contributed by atoms with E-state index in [9.17, 15) is 17.8 Å². The number of rotatable bonds is 15. The molecule has 8 heteroatoms. The standard InChI is InChI=1S/C15H30O6S.Na/c1-2-3-4-5-6-7-8-9-10-12-15(16)20-13-11-14-21-22(17,18)19;/h2-14H2,1H3,(H,17,18,19);/q;+1/p-1. The van der Waals surface area contributed by atoms with Crippen molar-refractivity contribution in [3.63, 3.8) is 0 Å². The molecule has 0 radical (unpaired) electrons. The van der Waals surface area contributed by atoms with Crippen LogP contribution in [-0.4, -0.2) is 32.2 Å². The Kier molecular flexibility index (Phi) is 19.1. The first kappa shape index (κ1) is 25.6. The van der Waals surface area contributed by atoms with Crippen LogP contribution in [0.25, 0.3) is 0 Å². The van der Waals surface area contributed by atoms with Gasteiger partial charge in [-0.25, -0.2) is 8.42 Å². The Morgan fingerprint density at radius 3 is 1.91 bits per heavy atom. The van der Waals surface area contributed by atoms with E-state index in [-0.39, 0.29) is 55.2 Å². The van der Waals surface area contributed by atoms with E-state index in [4.69, 9.17) is 4.74 Å². The molecule has 132 valence electrons. The summed E-state index contributed by atoms with van der Waals surface area (Å²) in [7, 11) is -4.65. The molecule has 0 aliphatic rings. The molecule has 0 bridgehead atoms. The number of unbranched alkanes of at least 4 members (excludes halogenated alkanes) is 8. The van der Waals surface area contributed by atoms with Gasteiger partial charge in [-0.05, 0) is 6.42 Å². The van der Waals surface area contributed by atoms with Gasteiger partial charge < -0.3 is 9.29 Å². The molecule has 0 rings (SSSR count). The minimum atomic E-state index is -4.65. The smallest absolute Gasteiger partial charge is 0.726 e. The molecular weight excluding hydrogens is 331 g/mol. The molecule has 0 aliphatic heterocycles. The van der Waals surface area contributed by atoms with E-state index in [2.05, 4.69) is 11.1 Å². The third-order valence-electron chi connectivity index (χ3n) is 3.26. The van der Waals surface area contributed by atoms with Crippen LogP contribution in [0.2, 0.25) is 0 Å². The first-order valence-electron chi connectivity index (χ1n) is 8.21. The summed E-state index contributed by atoms with van der Waals surface area (Å²) in [4.78, 5) is 11.4. The molecule has 0 heterocycles. The number of ether oxygens (including phenoxy) is 1. The molecule has 0 aromatic carbocycles. The summed E-state index contributed by atoms with van der Waals surface area (Å²) in [5.74, 6) is -0.284. The first-order chi connectivity index (χ1) is 10.5. The summed E-state index contributed by atoms with van der Waals surface area (Å²) in [6.45, 7) is 2.03. The normalized spacial score (nSPS) is 11.0. The zero-order valence-corrected chi connectivity index (χ0v) is 17.4. The van der Waals surface area contributed by atoms with E-state index >= 15 is 0 Å².